The van der Waals surface area contributed by atoms with Crippen molar-refractivity contribution in [3.05, 3.63) is 60.6 Å². The summed E-state index contributed by atoms with van der Waals surface area (Å²) in [6.07, 6.45) is 8.16. The van der Waals surface area contributed by atoms with Crippen molar-refractivity contribution in [2.45, 2.75) is 26.4 Å². The molecule has 8 nitrogen and oxygen atoms in total. The minimum atomic E-state index is 0. The molecule has 144 valence electrons. The summed E-state index contributed by atoms with van der Waals surface area (Å²) in [7, 11) is 0. The summed E-state index contributed by atoms with van der Waals surface area (Å²) < 4.78 is 6.09. The van der Waals surface area contributed by atoms with Crippen LogP contribution in [0.15, 0.2) is 49.3 Å². The van der Waals surface area contributed by atoms with E-state index in [1.165, 1.54) is 11.3 Å². The summed E-state index contributed by atoms with van der Waals surface area (Å²) in [5, 5.41) is 16.0. The topological polar surface area (TPSA) is 78.4 Å². The Morgan fingerprint density at radius 1 is 1.14 bits per heavy atom. The van der Waals surface area contributed by atoms with Gasteiger partial charge in [-0.05, 0) is 30.2 Å². The first kappa shape index (κ1) is 18.4. The second-order valence-electron chi connectivity index (χ2n) is 6.58. The molecule has 0 aliphatic carbocycles. The van der Waals surface area contributed by atoms with Crippen LogP contribution in [0.3, 0.4) is 0 Å². The van der Waals surface area contributed by atoms with Crippen LogP contribution in [0, 0.1) is 0 Å². The van der Waals surface area contributed by atoms with Gasteiger partial charge >= 0.3 is 0 Å². The Kier molecular flexibility index (Phi) is 4.97. The Morgan fingerprint density at radius 3 is 2.79 bits per heavy atom. The Bertz CT molecular complexity index is 1060. The molecule has 0 bridgehead atoms. The number of hydrogen-bond donors (Lipinski definition) is 1. The SMILES string of the molecule is CCc1ccc(-n2cnnc2)cc1-n1ccnc1-c1cc2n(n1)CCNC2.Cl. The molecule has 0 saturated heterocycles. The maximum Gasteiger partial charge on any atom is 0.165 e. The highest BCUT2D eigenvalue weighted by molar-refractivity contribution is 5.85. The maximum absolute atomic E-state index is 4.78. The summed E-state index contributed by atoms with van der Waals surface area (Å²) >= 11 is 0. The van der Waals surface area contributed by atoms with Crippen LogP contribution in [0.2, 0.25) is 0 Å². The fraction of sp³-hybridized carbons (Fsp3) is 0.263. The van der Waals surface area contributed by atoms with Crippen molar-refractivity contribution in [1.29, 1.82) is 0 Å². The second-order valence-corrected chi connectivity index (χ2v) is 6.58. The molecule has 0 atom stereocenters. The van der Waals surface area contributed by atoms with Crippen molar-refractivity contribution >= 4 is 12.4 Å². The van der Waals surface area contributed by atoms with Gasteiger partial charge in [-0.3, -0.25) is 13.8 Å². The third kappa shape index (κ3) is 3.10. The lowest BCUT2D eigenvalue weighted by atomic mass is 10.1. The van der Waals surface area contributed by atoms with Crippen LogP contribution in [0.1, 0.15) is 18.2 Å². The summed E-state index contributed by atoms with van der Waals surface area (Å²) in [6.45, 7) is 4.84. The van der Waals surface area contributed by atoms with Crippen LogP contribution in [0.4, 0.5) is 0 Å². The largest absolute Gasteiger partial charge is 0.309 e. The minimum Gasteiger partial charge on any atom is -0.309 e. The van der Waals surface area contributed by atoms with E-state index < -0.39 is 0 Å². The normalized spacial score (nSPS) is 13.2. The van der Waals surface area contributed by atoms with Gasteiger partial charge in [0, 0.05) is 25.5 Å². The Morgan fingerprint density at radius 2 is 2.00 bits per heavy atom. The molecule has 1 aliphatic rings. The number of fused-ring (bicyclic) bond motifs is 1. The molecule has 1 N–H and O–H groups in total. The van der Waals surface area contributed by atoms with Crippen molar-refractivity contribution < 1.29 is 0 Å². The van der Waals surface area contributed by atoms with Crippen molar-refractivity contribution in [2.75, 3.05) is 6.54 Å². The highest BCUT2D eigenvalue weighted by atomic mass is 35.5. The summed E-state index contributed by atoms with van der Waals surface area (Å²) in [6, 6.07) is 8.50. The standard InChI is InChI=1S/C19H20N8.ClH/c1-2-14-3-4-15(25-12-22-23-13-25)10-18(14)26-7-6-21-19(26)17-9-16-11-20-5-8-27(16)24-17;/h3-4,6-7,9-10,12-13,20H,2,5,8,11H2,1H3;1H. The average molecular weight is 397 g/mol. The number of halogens is 1. The van der Waals surface area contributed by atoms with Gasteiger partial charge in [-0.2, -0.15) is 5.10 Å². The molecule has 0 unspecified atom stereocenters. The summed E-state index contributed by atoms with van der Waals surface area (Å²) in [5.41, 5.74) is 5.45. The monoisotopic (exact) mass is 396 g/mol. The van der Waals surface area contributed by atoms with Gasteiger partial charge in [-0.1, -0.05) is 13.0 Å². The molecule has 5 rings (SSSR count). The van der Waals surface area contributed by atoms with E-state index in [2.05, 4.69) is 60.9 Å². The van der Waals surface area contributed by atoms with E-state index in [9.17, 15) is 0 Å². The number of aromatic nitrogens is 7. The van der Waals surface area contributed by atoms with E-state index in [4.69, 9.17) is 5.10 Å². The Hall–Kier alpha value is -2.97. The fourth-order valence-electron chi connectivity index (χ4n) is 3.56. The molecule has 0 spiro atoms. The van der Waals surface area contributed by atoms with Gasteiger partial charge in [0.1, 0.15) is 18.3 Å². The van der Waals surface area contributed by atoms with Crippen molar-refractivity contribution in [2.24, 2.45) is 0 Å². The third-order valence-electron chi connectivity index (χ3n) is 4.97. The predicted molar refractivity (Wildman–Crippen MR) is 108 cm³/mol. The molecular weight excluding hydrogens is 376 g/mol. The highest BCUT2D eigenvalue weighted by Crippen LogP contribution is 2.26. The number of rotatable bonds is 4. The molecule has 0 amide bonds. The first-order valence-electron chi connectivity index (χ1n) is 9.13. The molecule has 1 aromatic carbocycles. The Balaban J connectivity index is 0.00000192. The predicted octanol–water partition coefficient (Wildman–Crippen LogP) is 2.40. The molecule has 0 fully saturated rings. The third-order valence-corrected chi connectivity index (χ3v) is 4.97. The molecule has 0 radical (unpaired) electrons. The van der Waals surface area contributed by atoms with E-state index in [0.29, 0.717) is 0 Å². The van der Waals surface area contributed by atoms with Crippen LogP contribution in [0.5, 0.6) is 0 Å². The van der Waals surface area contributed by atoms with Crippen LogP contribution in [-0.4, -0.2) is 40.6 Å². The maximum atomic E-state index is 4.78. The first-order valence-corrected chi connectivity index (χ1v) is 9.13. The highest BCUT2D eigenvalue weighted by Gasteiger charge is 2.18. The van der Waals surface area contributed by atoms with Gasteiger partial charge in [-0.25, -0.2) is 4.98 Å². The second kappa shape index (κ2) is 7.57. The van der Waals surface area contributed by atoms with Crippen molar-refractivity contribution in [1.82, 2.24) is 39.4 Å². The van der Waals surface area contributed by atoms with Gasteiger partial charge in [0.25, 0.3) is 0 Å². The molecule has 4 aromatic rings. The Labute approximate surface area is 168 Å². The van der Waals surface area contributed by atoms with Gasteiger partial charge < -0.3 is 5.32 Å². The number of hydrogen-bond acceptors (Lipinski definition) is 5. The number of benzene rings is 1. The van der Waals surface area contributed by atoms with E-state index in [1.807, 2.05) is 17.0 Å². The quantitative estimate of drug-likeness (QED) is 0.573. The van der Waals surface area contributed by atoms with Gasteiger partial charge in [0.2, 0.25) is 0 Å². The molecule has 1 aliphatic heterocycles. The van der Waals surface area contributed by atoms with Crippen LogP contribution < -0.4 is 5.32 Å². The van der Waals surface area contributed by atoms with Gasteiger partial charge in [0.15, 0.2) is 5.82 Å². The average Bonchev–Trinajstić information content (AvgIpc) is 3.47. The molecule has 3 aromatic heterocycles. The van der Waals surface area contributed by atoms with Crippen LogP contribution >= 0.6 is 12.4 Å². The minimum absolute atomic E-state index is 0. The fourth-order valence-corrected chi connectivity index (χ4v) is 3.56. The molecular formula is C19H21ClN8. The molecule has 4 heterocycles. The van der Waals surface area contributed by atoms with Gasteiger partial charge in [-0.15, -0.1) is 22.6 Å². The smallest absolute Gasteiger partial charge is 0.165 e. The number of imidazole rings is 1. The van der Waals surface area contributed by atoms with Crippen molar-refractivity contribution in [3.63, 3.8) is 0 Å². The van der Waals surface area contributed by atoms with Crippen LogP contribution in [0.25, 0.3) is 22.9 Å². The zero-order chi connectivity index (χ0) is 18.2. The van der Waals surface area contributed by atoms with Crippen LogP contribution in [-0.2, 0) is 19.5 Å². The van der Waals surface area contributed by atoms with E-state index >= 15 is 0 Å². The summed E-state index contributed by atoms with van der Waals surface area (Å²) in [4.78, 5) is 4.61. The van der Waals surface area contributed by atoms with Crippen molar-refractivity contribution in [3.8, 4) is 22.9 Å². The lowest BCUT2D eigenvalue weighted by Gasteiger charge is -2.14. The lowest BCUT2D eigenvalue weighted by molar-refractivity contribution is 0.476. The summed E-state index contributed by atoms with van der Waals surface area (Å²) in [5.74, 6) is 0.854. The number of nitrogens with zero attached hydrogens (tertiary/aromatic N) is 7. The number of aryl methyl sites for hydroxylation is 1. The molecule has 28 heavy (non-hydrogen) atoms. The number of nitrogens with one attached hydrogen (secondary N) is 1. The zero-order valence-electron chi connectivity index (χ0n) is 15.5. The molecule has 0 saturated carbocycles. The van der Waals surface area contributed by atoms with E-state index in [1.54, 1.807) is 12.7 Å². The van der Waals surface area contributed by atoms with E-state index in [-0.39, 0.29) is 12.4 Å². The zero-order valence-corrected chi connectivity index (χ0v) is 16.3. The van der Waals surface area contributed by atoms with E-state index in [0.717, 1.165) is 48.9 Å². The molecule has 9 heteroatoms. The lowest BCUT2D eigenvalue weighted by Crippen LogP contribution is -2.28. The first-order chi connectivity index (χ1) is 13.3. The van der Waals surface area contributed by atoms with Gasteiger partial charge in [0.05, 0.1) is 23.6 Å².